The van der Waals surface area contributed by atoms with Crippen LogP contribution >= 0.6 is 0 Å². The molecule has 2 aliphatic carbocycles. The lowest BCUT2D eigenvalue weighted by Crippen LogP contribution is -3.16. The van der Waals surface area contributed by atoms with Crippen LogP contribution in [0.25, 0.3) is 0 Å². The summed E-state index contributed by atoms with van der Waals surface area (Å²) in [4.78, 5) is 13.5. The highest BCUT2D eigenvalue weighted by Crippen LogP contribution is 2.19. The standard InChI is InChI=1S/C16H21FN2O/c1-11(16(20)18-14-6-7-14)19(15-8-9-15)10-12-2-4-13(17)5-3-12/h2-5,11,14-15H,6-10H2,1H3,(H,18,20)/p+1/t11-/m1/s1. The van der Waals surface area contributed by atoms with Crippen molar-refractivity contribution in [3.8, 4) is 0 Å². The van der Waals surface area contributed by atoms with E-state index in [0.29, 0.717) is 12.1 Å². The molecular weight excluding hydrogens is 255 g/mol. The van der Waals surface area contributed by atoms with E-state index in [1.54, 1.807) is 0 Å². The molecule has 1 amide bonds. The molecule has 0 bridgehead atoms. The normalized spacial score (nSPS) is 21.3. The van der Waals surface area contributed by atoms with Crippen molar-refractivity contribution in [2.75, 3.05) is 0 Å². The fourth-order valence-electron chi connectivity index (χ4n) is 2.67. The van der Waals surface area contributed by atoms with Crippen LogP contribution in [0.15, 0.2) is 24.3 Å². The molecule has 108 valence electrons. The van der Waals surface area contributed by atoms with Crippen molar-refractivity contribution in [3.63, 3.8) is 0 Å². The predicted octanol–water partition coefficient (Wildman–Crippen LogP) is 1.04. The summed E-state index contributed by atoms with van der Waals surface area (Å²) in [5.41, 5.74) is 1.10. The van der Waals surface area contributed by atoms with Crippen molar-refractivity contribution in [1.29, 1.82) is 0 Å². The van der Waals surface area contributed by atoms with Gasteiger partial charge < -0.3 is 10.2 Å². The summed E-state index contributed by atoms with van der Waals surface area (Å²) in [6, 6.07) is 7.60. The first-order valence-corrected chi connectivity index (χ1v) is 7.54. The monoisotopic (exact) mass is 277 g/mol. The fraction of sp³-hybridized carbons (Fsp3) is 0.562. The number of benzene rings is 1. The van der Waals surface area contributed by atoms with Crippen molar-refractivity contribution < 1.29 is 14.1 Å². The van der Waals surface area contributed by atoms with Crippen LogP contribution in [0.3, 0.4) is 0 Å². The molecule has 0 saturated heterocycles. The van der Waals surface area contributed by atoms with Gasteiger partial charge in [-0.1, -0.05) is 12.1 Å². The number of hydrogen-bond acceptors (Lipinski definition) is 1. The lowest BCUT2D eigenvalue weighted by Gasteiger charge is -2.25. The zero-order valence-electron chi connectivity index (χ0n) is 11.9. The molecule has 3 rings (SSSR count). The number of carbonyl (C=O) groups excluding carboxylic acids is 1. The molecule has 2 fully saturated rings. The maximum atomic E-state index is 13.0. The van der Waals surface area contributed by atoms with Crippen molar-refractivity contribution in [3.05, 3.63) is 35.6 Å². The van der Waals surface area contributed by atoms with Gasteiger partial charge >= 0.3 is 0 Å². The highest BCUT2D eigenvalue weighted by Gasteiger charge is 2.40. The van der Waals surface area contributed by atoms with E-state index in [1.807, 2.05) is 19.1 Å². The average molecular weight is 277 g/mol. The van der Waals surface area contributed by atoms with E-state index >= 15 is 0 Å². The maximum absolute atomic E-state index is 13.0. The second-order valence-corrected chi connectivity index (χ2v) is 6.16. The molecule has 1 unspecified atom stereocenters. The SMILES string of the molecule is C[C@H](C(=O)NC1CC1)[NH+](Cc1ccc(F)cc1)C1CC1. The molecule has 2 aliphatic rings. The van der Waals surface area contributed by atoms with Gasteiger partial charge in [-0.05, 0) is 31.9 Å². The van der Waals surface area contributed by atoms with Crippen molar-refractivity contribution in [2.45, 2.75) is 57.3 Å². The molecule has 0 aliphatic heterocycles. The van der Waals surface area contributed by atoms with Gasteiger partial charge in [0.1, 0.15) is 12.4 Å². The number of hydrogen-bond donors (Lipinski definition) is 2. The van der Waals surface area contributed by atoms with Gasteiger partial charge in [0, 0.05) is 24.4 Å². The van der Waals surface area contributed by atoms with Gasteiger partial charge in [-0.3, -0.25) is 4.79 Å². The largest absolute Gasteiger partial charge is 0.348 e. The van der Waals surface area contributed by atoms with Crippen LogP contribution in [-0.4, -0.2) is 24.0 Å². The number of halogens is 1. The number of quaternary nitrogens is 1. The minimum Gasteiger partial charge on any atom is -0.348 e. The quantitative estimate of drug-likeness (QED) is 0.800. The highest BCUT2D eigenvalue weighted by molar-refractivity contribution is 5.80. The van der Waals surface area contributed by atoms with Crippen LogP contribution in [0, 0.1) is 5.82 Å². The Kier molecular flexibility index (Phi) is 3.74. The second-order valence-electron chi connectivity index (χ2n) is 6.16. The van der Waals surface area contributed by atoms with Gasteiger partial charge in [0.2, 0.25) is 0 Å². The van der Waals surface area contributed by atoms with Crippen molar-refractivity contribution in [2.24, 2.45) is 0 Å². The molecule has 1 aromatic carbocycles. The van der Waals surface area contributed by atoms with E-state index in [0.717, 1.165) is 24.9 Å². The minimum atomic E-state index is -0.207. The molecule has 0 spiro atoms. The van der Waals surface area contributed by atoms with Gasteiger partial charge in [0.25, 0.3) is 5.91 Å². The third-order valence-corrected chi connectivity index (χ3v) is 4.30. The van der Waals surface area contributed by atoms with Gasteiger partial charge in [-0.25, -0.2) is 4.39 Å². The third kappa shape index (κ3) is 3.37. The molecule has 20 heavy (non-hydrogen) atoms. The average Bonchev–Trinajstić information content (AvgIpc) is 3.30. The lowest BCUT2D eigenvalue weighted by molar-refractivity contribution is -0.938. The summed E-state index contributed by atoms with van der Waals surface area (Å²) in [6.45, 7) is 2.80. The zero-order valence-corrected chi connectivity index (χ0v) is 11.9. The van der Waals surface area contributed by atoms with Gasteiger partial charge in [0.05, 0.1) is 6.04 Å². The van der Waals surface area contributed by atoms with Gasteiger partial charge in [-0.15, -0.1) is 0 Å². The van der Waals surface area contributed by atoms with E-state index in [4.69, 9.17) is 0 Å². The van der Waals surface area contributed by atoms with Crippen molar-refractivity contribution >= 4 is 5.91 Å². The van der Waals surface area contributed by atoms with Crippen LogP contribution in [-0.2, 0) is 11.3 Å². The van der Waals surface area contributed by atoms with Gasteiger partial charge in [0.15, 0.2) is 6.04 Å². The maximum Gasteiger partial charge on any atom is 0.278 e. The molecule has 3 nitrogen and oxygen atoms in total. The third-order valence-electron chi connectivity index (χ3n) is 4.30. The van der Waals surface area contributed by atoms with E-state index in [-0.39, 0.29) is 17.8 Å². The number of carbonyl (C=O) groups is 1. The first-order valence-electron chi connectivity index (χ1n) is 7.54. The number of amides is 1. The van der Waals surface area contributed by atoms with Crippen LogP contribution < -0.4 is 10.2 Å². The van der Waals surface area contributed by atoms with E-state index in [2.05, 4.69) is 5.32 Å². The molecule has 0 radical (unpaired) electrons. The first-order chi connectivity index (χ1) is 9.63. The molecule has 0 aromatic heterocycles. The first kappa shape index (κ1) is 13.6. The Bertz CT molecular complexity index is 480. The number of rotatable bonds is 6. The molecule has 0 heterocycles. The van der Waals surface area contributed by atoms with Crippen molar-refractivity contribution in [1.82, 2.24) is 5.32 Å². The highest BCUT2D eigenvalue weighted by atomic mass is 19.1. The lowest BCUT2D eigenvalue weighted by atomic mass is 10.1. The summed E-state index contributed by atoms with van der Waals surface area (Å²) >= 11 is 0. The molecular formula is C16H22FN2O+. The van der Waals surface area contributed by atoms with Crippen LogP contribution in [0.2, 0.25) is 0 Å². The Hall–Kier alpha value is -1.42. The Morgan fingerprint density at radius 2 is 1.95 bits per heavy atom. The summed E-state index contributed by atoms with van der Waals surface area (Å²) in [7, 11) is 0. The molecule has 2 saturated carbocycles. The Morgan fingerprint density at radius 1 is 1.30 bits per heavy atom. The number of nitrogens with one attached hydrogen (secondary N) is 2. The summed E-state index contributed by atoms with van der Waals surface area (Å²) < 4.78 is 13.0. The molecule has 4 heteroatoms. The predicted molar refractivity (Wildman–Crippen MR) is 74.7 cm³/mol. The van der Waals surface area contributed by atoms with Crippen LogP contribution in [0.1, 0.15) is 38.2 Å². The second kappa shape index (κ2) is 5.52. The van der Waals surface area contributed by atoms with E-state index in [1.165, 1.54) is 29.9 Å². The Balaban J connectivity index is 1.65. The summed E-state index contributed by atoms with van der Waals surface area (Å²) in [5.74, 6) is -0.0437. The molecule has 2 N–H and O–H groups in total. The summed E-state index contributed by atoms with van der Waals surface area (Å²) in [5, 5.41) is 3.09. The molecule has 1 aromatic rings. The van der Waals surface area contributed by atoms with Gasteiger partial charge in [-0.2, -0.15) is 0 Å². The minimum absolute atomic E-state index is 0.0341. The Labute approximate surface area is 119 Å². The van der Waals surface area contributed by atoms with Crippen LogP contribution in [0.5, 0.6) is 0 Å². The molecule has 2 atom stereocenters. The Morgan fingerprint density at radius 3 is 2.50 bits per heavy atom. The smallest absolute Gasteiger partial charge is 0.278 e. The van der Waals surface area contributed by atoms with E-state index in [9.17, 15) is 9.18 Å². The topological polar surface area (TPSA) is 33.5 Å². The van der Waals surface area contributed by atoms with E-state index < -0.39 is 0 Å². The zero-order chi connectivity index (χ0) is 14.1. The fourth-order valence-corrected chi connectivity index (χ4v) is 2.67. The van der Waals surface area contributed by atoms with Crippen LogP contribution in [0.4, 0.5) is 4.39 Å². The summed E-state index contributed by atoms with van der Waals surface area (Å²) in [6.07, 6.45) is 4.62.